The quantitative estimate of drug-likeness (QED) is 0.341. The molecular formula is C28H32N6O4. The lowest BCUT2D eigenvalue weighted by molar-refractivity contribution is -0.128. The van der Waals surface area contributed by atoms with Gasteiger partial charge in [-0.15, -0.1) is 5.10 Å². The van der Waals surface area contributed by atoms with Gasteiger partial charge in [0.15, 0.2) is 6.04 Å². The van der Waals surface area contributed by atoms with E-state index in [2.05, 4.69) is 20.9 Å². The third-order valence-corrected chi connectivity index (χ3v) is 6.32. The van der Waals surface area contributed by atoms with Gasteiger partial charge >= 0.3 is 0 Å². The molecule has 2 N–H and O–H groups in total. The number of anilines is 2. The lowest BCUT2D eigenvalue weighted by Gasteiger charge is -2.33. The molecule has 2 aromatic heterocycles. The van der Waals surface area contributed by atoms with Crippen molar-refractivity contribution in [2.24, 2.45) is 0 Å². The van der Waals surface area contributed by atoms with Crippen molar-refractivity contribution in [2.45, 2.75) is 59.2 Å². The Morgan fingerprint density at radius 3 is 2.39 bits per heavy atom. The molecule has 0 bridgehead atoms. The lowest BCUT2D eigenvalue weighted by Crippen LogP contribution is -2.51. The van der Waals surface area contributed by atoms with Gasteiger partial charge in [-0.2, -0.15) is 0 Å². The van der Waals surface area contributed by atoms with E-state index in [-0.39, 0.29) is 18.4 Å². The van der Waals surface area contributed by atoms with Crippen molar-refractivity contribution in [3.63, 3.8) is 0 Å². The Balaban J connectivity index is 1.80. The molecule has 38 heavy (non-hydrogen) atoms. The second kappa shape index (κ2) is 10.9. The molecule has 0 saturated carbocycles. The Kier molecular flexibility index (Phi) is 7.61. The second-order valence-corrected chi connectivity index (χ2v) is 9.81. The molecule has 0 aliphatic rings. The molecule has 3 amide bonds. The maximum absolute atomic E-state index is 14.0. The van der Waals surface area contributed by atoms with Crippen molar-refractivity contribution in [3.8, 4) is 0 Å². The average molecular weight is 517 g/mol. The summed E-state index contributed by atoms with van der Waals surface area (Å²) in [5, 5.41) is 14.1. The summed E-state index contributed by atoms with van der Waals surface area (Å²) in [6.45, 7) is 8.86. The van der Waals surface area contributed by atoms with E-state index in [0.717, 1.165) is 0 Å². The first-order chi connectivity index (χ1) is 18.1. The number of amides is 3. The van der Waals surface area contributed by atoms with Crippen molar-refractivity contribution in [3.05, 3.63) is 72.2 Å². The molecule has 10 heteroatoms. The Labute approximate surface area is 221 Å². The second-order valence-electron chi connectivity index (χ2n) is 9.81. The van der Waals surface area contributed by atoms with Crippen LogP contribution in [0.4, 0.5) is 11.4 Å². The molecule has 0 aliphatic carbocycles. The smallest absolute Gasteiger partial charge is 0.251 e. The summed E-state index contributed by atoms with van der Waals surface area (Å²) < 4.78 is 7.41. The zero-order valence-electron chi connectivity index (χ0n) is 22.2. The minimum Gasteiger partial charge on any atom is -0.464 e. The van der Waals surface area contributed by atoms with Gasteiger partial charge in [-0.3, -0.25) is 19.3 Å². The summed E-state index contributed by atoms with van der Waals surface area (Å²) in [4.78, 5) is 40.8. The van der Waals surface area contributed by atoms with E-state index in [1.807, 2.05) is 45.0 Å². The molecular weight excluding hydrogens is 484 g/mol. The molecule has 1 atom stereocenters. The number of nitrogens with one attached hydrogen (secondary N) is 2. The average Bonchev–Trinajstić information content (AvgIpc) is 3.48. The summed E-state index contributed by atoms with van der Waals surface area (Å²) in [5.74, 6) is -0.0444. The highest BCUT2D eigenvalue weighted by molar-refractivity contribution is 6.01. The molecule has 0 radical (unpaired) electrons. The van der Waals surface area contributed by atoms with E-state index in [0.29, 0.717) is 40.3 Å². The van der Waals surface area contributed by atoms with Gasteiger partial charge < -0.3 is 15.1 Å². The number of rotatable bonds is 9. The number of carbonyl (C=O) groups excluding carboxylic acids is 3. The summed E-state index contributed by atoms with van der Waals surface area (Å²) in [5.41, 5.74) is 1.87. The van der Waals surface area contributed by atoms with Crippen LogP contribution in [0.2, 0.25) is 0 Å². The number of para-hydroxylation sites is 1. The predicted octanol–water partition coefficient (Wildman–Crippen LogP) is 4.37. The van der Waals surface area contributed by atoms with Crippen LogP contribution in [0, 0.1) is 6.92 Å². The number of aryl methyl sites for hydroxylation is 1. The number of aromatic nitrogens is 3. The highest BCUT2D eigenvalue weighted by atomic mass is 16.3. The maximum Gasteiger partial charge on any atom is 0.251 e. The monoisotopic (exact) mass is 516 g/mol. The van der Waals surface area contributed by atoms with Gasteiger partial charge in [-0.25, -0.2) is 4.68 Å². The van der Waals surface area contributed by atoms with Crippen LogP contribution in [0.25, 0.3) is 11.0 Å². The maximum atomic E-state index is 14.0. The topological polar surface area (TPSA) is 122 Å². The fourth-order valence-corrected chi connectivity index (χ4v) is 4.05. The molecule has 0 fully saturated rings. The lowest BCUT2D eigenvalue weighted by atomic mass is 10.0. The zero-order valence-corrected chi connectivity index (χ0v) is 22.2. The fourth-order valence-electron chi connectivity index (χ4n) is 4.05. The van der Waals surface area contributed by atoms with Gasteiger partial charge in [0.1, 0.15) is 23.6 Å². The molecule has 4 aromatic rings. The number of hydrogen-bond acceptors (Lipinski definition) is 6. The Hall–Kier alpha value is -4.47. The van der Waals surface area contributed by atoms with Crippen LogP contribution in [-0.2, 0) is 20.9 Å². The SMILES string of the molecule is CCC(C)(C)NC(=O)[C@@H](c1ccc(C)o1)N(C(=O)Cn1nnc2ccccc21)c1ccc(NC(C)=O)cc1. The van der Waals surface area contributed by atoms with E-state index in [9.17, 15) is 14.4 Å². The van der Waals surface area contributed by atoms with Crippen molar-refractivity contribution in [1.82, 2.24) is 20.3 Å². The minimum absolute atomic E-state index is 0.158. The van der Waals surface area contributed by atoms with E-state index in [1.165, 1.54) is 16.5 Å². The molecule has 198 valence electrons. The first kappa shape index (κ1) is 26.6. The molecule has 0 unspecified atom stereocenters. The Bertz CT molecular complexity index is 1450. The summed E-state index contributed by atoms with van der Waals surface area (Å²) in [6, 6.07) is 16.4. The molecule has 2 heterocycles. The zero-order chi connectivity index (χ0) is 27.4. The van der Waals surface area contributed by atoms with E-state index < -0.39 is 17.5 Å². The number of furan rings is 1. The molecule has 2 aromatic carbocycles. The Morgan fingerprint density at radius 2 is 1.76 bits per heavy atom. The predicted molar refractivity (Wildman–Crippen MR) is 144 cm³/mol. The largest absolute Gasteiger partial charge is 0.464 e. The van der Waals surface area contributed by atoms with Crippen LogP contribution >= 0.6 is 0 Å². The highest BCUT2D eigenvalue weighted by Gasteiger charge is 2.37. The number of carbonyl (C=O) groups is 3. The van der Waals surface area contributed by atoms with Crippen molar-refractivity contribution in [2.75, 3.05) is 10.2 Å². The number of benzene rings is 2. The van der Waals surface area contributed by atoms with Crippen LogP contribution in [0.1, 0.15) is 51.7 Å². The fraction of sp³-hybridized carbons (Fsp3) is 0.321. The van der Waals surface area contributed by atoms with Crippen LogP contribution < -0.4 is 15.5 Å². The van der Waals surface area contributed by atoms with Crippen LogP contribution in [0.5, 0.6) is 0 Å². The van der Waals surface area contributed by atoms with E-state index in [1.54, 1.807) is 43.3 Å². The first-order valence-electron chi connectivity index (χ1n) is 12.4. The van der Waals surface area contributed by atoms with Gasteiger partial charge in [0.2, 0.25) is 11.8 Å². The van der Waals surface area contributed by atoms with Gasteiger partial charge in [0.05, 0.1) is 5.52 Å². The van der Waals surface area contributed by atoms with Crippen molar-refractivity contribution < 1.29 is 18.8 Å². The van der Waals surface area contributed by atoms with Gasteiger partial charge in [0.25, 0.3) is 5.91 Å². The van der Waals surface area contributed by atoms with E-state index in [4.69, 9.17) is 4.42 Å². The van der Waals surface area contributed by atoms with Crippen molar-refractivity contribution in [1.29, 1.82) is 0 Å². The molecule has 0 aliphatic heterocycles. The molecule has 4 rings (SSSR count). The minimum atomic E-state index is -1.09. The first-order valence-corrected chi connectivity index (χ1v) is 12.4. The molecule has 10 nitrogen and oxygen atoms in total. The third kappa shape index (κ3) is 5.91. The normalized spacial score (nSPS) is 12.2. The number of nitrogens with zero attached hydrogens (tertiary/aromatic N) is 4. The molecule has 0 spiro atoms. The van der Waals surface area contributed by atoms with Gasteiger partial charge in [-0.05, 0) is 75.7 Å². The summed E-state index contributed by atoms with van der Waals surface area (Å²) >= 11 is 0. The van der Waals surface area contributed by atoms with Crippen LogP contribution in [0.3, 0.4) is 0 Å². The van der Waals surface area contributed by atoms with E-state index >= 15 is 0 Å². The number of fused-ring (bicyclic) bond motifs is 1. The van der Waals surface area contributed by atoms with Gasteiger partial charge in [-0.1, -0.05) is 24.3 Å². The number of hydrogen-bond donors (Lipinski definition) is 2. The van der Waals surface area contributed by atoms with Crippen LogP contribution in [0.15, 0.2) is 65.1 Å². The Morgan fingerprint density at radius 1 is 1.05 bits per heavy atom. The van der Waals surface area contributed by atoms with Crippen LogP contribution in [-0.4, -0.2) is 38.3 Å². The summed E-state index contributed by atoms with van der Waals surface area (Å²) in [7, 11) is 0. The molecule has 0 saturated heterocycles. The van der Waals surface area contributed by atoms with Gasteiger partial charge in [0, 0.05) is 23.8 Å². The summed E-state index contributed by atoms with van der Waals surface area (Å²) in [6.07, 6.45) is 0.687. The highest BCUT2D eigenvalue weighted by Crippen LogP contribution is 2.31. The standard InChI is InChI=1S/C28H32N6O4/c1-6-28(4,5)30-27(37)26(24-16-11-18(2)38-24)34(21-14-12-20(13-15-21)29-19(3)35)25(36)17-33-23-10-8-7-9-22(23)31-32-33/h7-16,26H,6,17H2,1-5H3,(H,29,35)(H,30,37)/t26-/m1/s1. The third-order valence-electron chi connectivity index (χ3n) is 6.32. The van der Waals surface area contributed by atoms with Crippen molar-refractivity contribution >= 4 is 40.1 Å².